The fourth-order valence-electron chi connectivity index (χ4n) is 12.9. The maximum Gasteiger partial charge on any atom is 0.338 e. The molecule has 0 aromatic heterocycles. The average Bonchev–Trinajstić information content (AvgIpc) is 0.672. The number of benzene rings is 3. The summed E-state index contributed by atoms with van der Waals surface area (Å²) < 4.78 is 42.1. The van der Waals surface area contributed by atoms with E-state index in [2.05, 4.69) is 16.0 Å². The zero-order valence-electron chi connectivity index (χ0n) is 48.2. The second-order valence-corrected chi connectivity index (χ2v) is 23.1. The van der Waals surface area contributed by atoms with E-state index >= 15 is 4.79 Å². The van der Waals surface area contributed by atoms with Crippen LogP contribution in [0.5, 0.6) is 0 Å². The zero-order valence-corrected chi connectivity index (χ0v) is 48.2. The van der Waals surface area contributed by atoms with Crippen LogP contribution in [0.4, 0.5) is 0 Å². The van der Waals surface area contributed by atoms with Crippen molar-refractivity contribution in [2.45, 2.75) is 165 Å². The first-order valence-electron chi connectivity index (χ1n) is 28.3. The van der Waals surface area contributed by atoms with Gasteiger partial charge in [-0.3, -0.25) is 33.6 Å². The summed E-state index contributed by atoms with van der Waals surface area (Å²) in [6.45, 7) is 6.64. The number of Topliss-reactive ketones (excluding diaryl/α,β-unsaturated/α-hetero) is 1. The van der Waals surface area contributed by atoms with Crippen LogP contribution >= 0.6 is 0 Å². The molecule has 3 aliphatic carbocycles. The summed E-state index contributed by atoms with van der Waals surface area (Å²) in [4.78, 5) is 126. The molecule has 9 N–H and O–H groups in total. The van der Waals surface area contributed by atoms with Gasteiger partial charge in [0.15, 0.2) is 29.9 Å². The van der Waals surface area contributed by atoms with Gasteiger partial charge in [-0.05, 0) is 61.2 Å². The second-order valence-electron chi connectivity index (χ2n) is 23.1. The van der Waals surface area contributed by atoms with Crippen LogP contribution in [0.25, 0.3) is 0 Å². The Morgan fingerprint density at radius 2 is 1.40 bits per heavy atom. The average molecular weight is 1200 g/mol. The highest BCUT2D eigenvalue weighted by Gasteiger charge is 2.79. The van der Waals surface area contributed by atoms with Crippen LogP contribution < -0.4 is 16.0 Å². The molecule has 16 atom stereocenters. The number of rotatable bonds is 20. The summed E-state index contributed by atoms with van der Waals surface area (Å²) in [5, 5.41) is 73.9. The van der Waals surface area contributed by atoms with Crippen LogP contribution in [0.1, 0.15) is 112 Å². The number of carbonyl (C=O) groups excluding carboxylic acids is 9. The highest BCUT2D eigenvalue weighted by Crippen LogP contribution is 2.65. The molecule has 0 radical (unpaired) electrons. The molecule has 3 amide bonds. The molecule has 25 nitrogen and oxygen atoms in total. The lowest BCUT2D eigenvalue weighted by Gasteiger charge is -2.67. The number of aliphatic hydroxyl groups is 6. The molecule has 2 heterocycles. The highest BCUT2D eigenvalue weighted by atomic mass is 16.6. The summed E-state index contributed by atoms with van der Waals surface area (Å²) in [6, 6.07) is 20.9. The van der Waals surface area contributed by atoms with E-state index in [0.29, 0.717) is 5.56 Å². The minimum absolute atomic E-state index is 0.0317. The van der Waals surface area contributed by atoms with E-state index < -0.39 is 187 Å². The zero-order chi connectivity index (χ0) is 62.6. The maximum absolute atomic E-state index is 16.3. The van der Waals surface area contributed by atoms with Gasteiger partial charge in [0.05, 0.1) is 48.6 Å². The van der Waals surface area contributed by atoms with E-state index in [1.807, 2.05) is 0 Å². The Morgan fingerprint density at radius 3 is 1.99 bits per heavy atom. The van der Waals surface area contributed by atoms with Gasteiger partial charge in [0.1, 0.15) is 48.3 Å². The van der Waals surface area contributed by atoms with Gasteiger partial charge in [0, 0.05) is 57.1 Å². The molecule has 8 rings (SSSR count). The van der Waals surface area contributed by atoms with Gasteiger partial charge in [-0.2, -0.15) is 0 Å². The lowest BCUT2D eigenvalue weighted by Crippen LogP contribution is -2.82. The maximum atomic E-state index is 16.3. The number of ketones is 1. The predicted molar refractivity (Wildman–Crippen MR) is 295 cm³/mol. The van der Waals surface area contributed by atoms with Crippen LogP contribution in [-0.4, -0.2) is 182 Å². The van der Waals surface area contributed by atoms with E-state index in [1.165, 1.54) is 52.0 Å². The van der Waals surface area contributed by atoms with Crippen molar-refractivity contribution in [1.82, 2.24) is 16.0 Å². The molecule has 3 aromatic rings. The monoisotopic (exact) mass is 1200 g/mol. The van der Waals surface area contributed by atoms with E-state index in [4.69, 9.17) is 33.2 Å². The van der Waals surface area contributed by atoms with Gasteiger partial charge in [-0.15, -0.1) is 0 Å². The van der Waals surface area contributed by atoms with E-state index in [9.17, 15) is 69.0 Å². The molecule has 25 heteroatoms. The molecule has 2 saturated heterocycles. The van der Waals surface area contributed by atoms with Crippen molar-refractivity contribution in [2.24, 2.45) is 16.7 Å². The Hall–Kier alpha value is -7.49. The van der Waals surface area contributed by atoms with Crippen molar-refractivity contribution in [3.63, 3.8) is 0 Å². The first kappa shape index (κ1) is 64.5. The molecule has 2 aliphatic heterocycles. The Labute approximate surface area is 494 Å². The summed E-state index contributed by atoms with van der Waals surface area (Å²) in [5.41, 5.74) is -8.28. The fraction of sp³-hybridized carbons (Fsp3) is 0.525. The summed E-state index contributed by atoms with van der Waals surface area (Å²) in [7, 11) is 0. The molecule has 3 aromatic carbocycles. The van der Waals surface area contributed by atoms with Crippen molar-refractivity contribution in [1.29, 1.82) is 0 Å². The summed E-state index contributed by atoms with van der Waals surface area (Å²) in [5.74, 6) is -10.1. The van der Waals surface area contributed by atoms with Crippen molar-refractivity contribution < 1.29 is 107 Å². The van der Waals surface area contributed by atoms with Crippen molar-refractivity contribution in [3.8, 4) is 0 Å². The third-order valence-corrected chi connectivity index (χ3v) is 17.4. The first-order valence-corrected chi connectivity index (χ1v) is 28.3. The molecule has 2 bridgehead atoms. The molecule has 86 heavy (non-hydrogen) atoms. The number of fused-ring (bicyclic) bond motifs is 5. The Balaban J connectivity index is 1.12. The third-order valence-electron chi connectivity index (χ3n) is 17.4. The Kier molecular flexibility index (Phi) is 19.7. The number of nitrogens with one attached hydrogen (secondary N) is 3. The van der Waals surface area contributed by atoms with Gasteiger partial charge in [0.2, 0.25) is 11.8 Å². The van der Waals surface area contributed by atoms with Crippen LogP contribution in [0.3, 0.4) is 0 Å². The lowest BCUT2D eigenvalue weighted by atomic mass is 9.44. The molecule has 4 fully saturated rings. The highest BCUT2D eigenvalue weighted by molar-refractivity contribution is 5.97. The van der Waals surface area contributed by atoms with Crippen LogP contribution in [0.2, 0.25) is 0 Å². The lowest BCUT2D eigenvalue weighted by molar-refractivity contribution is -0.346. The molecular weight excluding hydrogens is 1130 g/mol. The number of carbonyl (C=O) groups is 9. The quantitative estimate of drug-likeness (QED) is 0.0328. The van der Waals surface area contributed by atoms with Crippen molar-refractivity contribution in [2.75, 3.05) is 19.8 Å². The van der Waals surface area contributed by atoms with Crippen LogP contribution in [-0.2, 0) is 66.7 Å². The largest absolute Gasteiger partial charge is 0.461 e. The molecule has 464 valence electrons. The van der Waals surface area contributed by atoms with Gasteiger partial charge in [-0.25, -0.2) is 9.59 Å². The number of ether oxygens (including phenoxy) is 7. The molecule has 5 aliphatic rings. The van der Waals surface area contributed by atoms with E-state index in [0.717, 1.165) is 13.8 Å². The standard InChI is InChI=1S/C61H73N3O22/c1-31-37(82-56(77)48(72)45(34-17-10-7-11-18-34)64-54(75)35-19-12-8-13-20-35)28-61(79)53(85-55(76)36-21-14-9-15-22-36)51-59(6,52(74)50(81-32(2)66)44(31)58(61,4)5)39(27-40-60(51,30-80-40)86-33(3)67)84-43(70)25-24-41(68)62-26-16-23-42(69)63-46-47(71)38(29-65)83-57(78)49(46)73/h7-15,17-22,37-40,45-51,53,57,65,71-73,78-79H,16,23-30H2,1-6H3,(H,62,68)(H,63,69)(H,64,75)/t37-,38+,39-,40+,45-,46-,47+,48+,49+,50+,51?,53-,57?,59+,60-,61+/m0/s1. The Bertz CT molecular complexity index is 3070. The SMILES string of the molecule is CC(=O)O[C@H]1C(=O)[C@@]2(C)C([C@H](OC(=O)c3ccccc3)[C@]3(O)C[C@H](OC(=O)[C@H](O)[C@@H](NC(=O)c4ccccc4)c4ccccc4)C(C)=C1C3(C)C)[C@]1(OC(C)=O)CO[C@@H]1C[C@@H]2OC(=O)CCC(=O)NCCCC(=O)N[C@H]1[C@H](O)[C@@H](CO)OC(O)[C@@H]1O. The smallest absolute Gasteiger partial charge is 0.338 e. The number of hydrogen-bond donors (Lipinski definition) is 9. The number of amides is 3. The van der Waals surface area contributed by atoms with Crippen LogP contribution in [0.15, 0.2) is 102 Å². The molecule has 2 unspecified atom stereocenters. The van der Waals surface area contributed by atoms with E-state index in [-0.39, 0.29) is 48.1 Å². The fourth-order valence-corrected chi connectivity index (χ4v) is 12.9. The molecule has 0 spiro atoms. The predicted octanol–water partition coefficient (Wildman–Crippen LogP) is 0.879. The van der Waals surface area contributed by atoms with Gasteiger partial charge >= 0.3 is 29.8 Å². The molecule has 2 saturated carbocycles. The normalized spacial score (nSPS) is 31.4. The second kappa shape index (κ2) is 26.2. The van der Waals surface area contributed by atoms with Gasteiger partial charge in [0.25, 0.3) is 5.91 Å². The minimum atomic E-state index is -2.58. The van der Waals surface area contributed by atoms with Crippen molar-refractivity contribution in [3.05, 3.63) is 119 Å². The summed E-state index contributed by atoms with van der Waals surface area (Å²) in [6.07, 6.45) is -19.4. The van der Waals surface area contributed by atoms with Gasteiger partial charge < -0.3 is 79.7 Å². The third kappa shape index (κ3) is 12.7. The number of esters is 5. The van der Waals surface area contributed by atoms with Gasteiger partial charge in [-0.1, -0.05) is 80.6 Å². The van der Waals surface area contributed by atoms with Crippen LogP contribution in [0, 0.1) is 16.7 Å². The summed E-state index contributed by atoms with van der Waals surface area (Å²) >= 11 is 0. The van der Waals surface area contributed by atoms with E-state index in [1.54, 1.807) is 66.7 Å². The Morgan fingerprint density at radius 1 is 0.767 bits per heavy atom. The number of hydrogen-bond acceptors (Lipinski definition) is 22. The topological polar surface area (TPSA) is 376 Å². The number of aliphatic hydroxyl groups excluding tert-OH is 5. The molecular formula is C61H73N3O22. The first-order chi connectivity index (χ1) is 40.7. The van der Waals surface area contributed by atoms with Crippen molar-refractivity contribution >= 4 is 53.4 Å². The minimum Gasteiger partial charge on any atom is -0.461 e.